The molecule has 1 aromatic rings. The van der Waals surface area contributed by atoms with Crippen molar-refractivity contribution in [1.82, 2.24) is 4.72 Å². The van der Waals surface area contributed by atoms with Gasteiger partial charge in [0.25, 0.3) is 0 Å². The van der Waals surface area contributed by atoms with Gasteiger partial charge in [-0.05, 0) is 37.0 Å². The van der Waals surface area contributed by atoms with Crippen molar-refractivity contribution < 1.29 is 18.4 Å². The summed E-state index contributed by atoms with van der Waals surface area (Å²) in [6, 6.07) is 2.72. The molecule has 9 heteroatoms. The normalized spacial score (nSPS) is 13.0. The van der Waals surface area contributed by atoms with Gasteiger partial charge in [-0.2, -0.15) is 11.8 Å². The quantitative estimate of drug-likeness (QED) is 0.428. The molecule has 1 unspecified atom stereocenters. The van der Waals surface area contributed by atoms with Crippen LogP contribution in [0.15, 0.2) is 23.1 Å². The predicted molar refractivity (Wildman–Crippen MR) is 82.2 cm³/mol. The van der Waals surface area contributed by atoms with Crippen LogP contribution in [0.5, 0.6) is 5.75 Å². The zero-order valence-electron chi connectivity index (χ0n) is 11.8. The molecule has 0 saturated heterocycles. The van der Waals surface area contributed by atoms with Gasteiger partial charge in [-0.1, -0.05) is 6.92 Å². The third kappa shape index (κ3) is 5.18. The van der Waals surface area contributed by atoms with Crippen molar-refractivity contribution in [3.05, 3.63) is 28.3 Å². The fourth-order valence-electron chi connectivity index (χ4n) is 1.61. The van der Waals surface area contributed by atoms with Gasteiger partial charge < -0.3 is 5.11 Å². The zero-order chi connectivity index (χ0) is 16.0. The van der Waals surface area contributed by atoms with Crippen LogP contribution in [0, 0.1) is 10.1 Å². The second-order valence-electron chi connectivity index (χ2n) is 4.42. The van der Waals surface area contributed by atoms with Crippen molar-refractivity contribution in [2.24, 2.45) is 0 Å². The number of nitrogens with zero attached hydrogens (tertiary/aromatic N) is 1. The highest BCUT2D eigenvalue weighted by atomic mass is 32.2. The summed E-state index contributed by atoms with van der Waals surface area (Å²) in [5.74, 6) is 1.23. The van der Waals surface area contributed by atoms with Crippen LogP contribution in [-0.4, -0.2) is 36.0 Å². The van der Waals surface area contributed by atoms with E-state index < -0.39 is 26.4 Å². The molecule has 1 atom stereocenters. The second-order valence-corrected chi connectivity index (χ2v) is 7.52. The van der Waals surface area contributed by atoms with E-state index in [1.54, 1.807) is 18.7 Å². The van der Waals surface area contributed by atoms with E-state index in [1.807, 2.05) is 6.92 Å². The molecule has 0 aliphatic heterocycles. The number of nitrogens with one attached hydrogen (secondary N) is 1. The van der Waals surface area contributed by atoms with Crippen molar-refractivity contribution in [2.75, 3.05) is 11.5 Å². The van der Waals surface area contributed by atoms with Crippen LogP contribution in [-0.2, 0) is 10.0 Å². The van der Waals surface area contributed by atoms with Crippen molar-refractivity contribution in [1.29, 1.82) is 0 Å². The number of nitro benzene ring substituents is 1. The molecule has 1 rings (SSSR count). The first kappa shape index (κ1) is 17.7. The van der Waals surface area contributed by atoms with E-state index >= 15 is 0 Å². The summed E-state index contributed by atoms with van der Waals surface area (Å²) in [6.45, 7) is 3.76. The van der Waals surface area contributed by atoms with E-state index in [0.29, 0.717) is 6.42 Å². The minimum Gasteiger partial charge on any atom is -0.502 e. The molecule has 2 N–H and O–H groups in total. The number of sulfonamides is 1. The number of benzene rings is 1. The van der Waals surface area contributed by atoms with E-state index in [-0.39, 0.29) is 10.9 Å². The van der Waals surface area contributed by atoms with E-state index in [2.05, 4.69) is 4.72 Å². The molecule has 7 nitrogen and oxygen atoms in total. The van der Waals surface area contributed by atoms with Gasteiger partial charge in [-0.15, -0.1) is 0 Å². The third-order valence-corrected chi connectivity index (χ3v) is 5.23. The summed E-state index contributed by atoms with van der Waals surface area (Å²) >= 11 is 1.71. The molecule has 0 bridgehead atoms. The first-order valence-corrected chi connectivity index (χ1v) is 8.99. The first-order chi connectivity index (χ1) is 9.77. The van der Waals surface area contributed by atoms with Crippen molar-refractivity contribution in [3.63, 3.8) is 0 Å². The lowest BCUT2D eigenvalue weighted by atomic mass is 10.3. The summed E-state index contributed by atoms with van der Waals surface area (Å²) < 4.78 is 26.8. The SMILES string of the molecule is CCSCCC(C)NS(=O)(=O)c1ccc(O)c([N+](=O)[O-])c1. The van der Waals surface area contributed by atoms with Crippen molar-refractivity contribution >= 4 is 27.5 Å². The number of aromatic hydroxyl groups is 1. The lowest BCUT2D eigenvalue weighted by Crippen LogP contribution is -2.33. The highest BCUT2D eigenvalue weighted by Gasteiger charge is 2.22. The Bertz CT molecular complexity index is 604. The van der Waals surface area contributed by atoms with Gasteiger partial charge in [0.1, 0.15) is 0 Å². The molecule has 0 spiro atoms. The highest BCUT2D eigenvalue weighted by molar-refractivity contribution is 7.99. The number of phenolic OH excluding ortho intramolecular Hbond substituents is 1. The van der Waals surface area contributed by atoms with Gasteiger partial charge in [-0.25, -0.2) is 13.1 Å². The van der Waals surface area contributed by atoms with Gasteiger partial charge in [-0.3, -0.25) is 10.1 Å². The Morgan fingerprint density at radius 3 is 2.71 bits per heavy atom. The Labute approximate surface area is 128 Å². The van der Waals surface area contributed by atoms with Crippen LogP contribution in [0.2, 0.25) is 0 Å². The molecule has 21 heavy (non-hydrogen) atoms. The maximum atomic E-state index is 12.1. The molecule has 0 aliphatic carbocycles. The average Bonchev–Trinajstić information content (AvgIpc) is 2.38. The average molecular weight is 334 g/mol. The number of thioether (sulfide) groups is 1. The molecule has 0 fully saturated rings. The molecule has 0 saturated carbocycles. The Balaban J connectivity index is 2.88. The number of phenols is 1. The second kappa shape index (κ2) is 7.62. The van der Waals surface area contributed by atoms with E-state index in [9.17, 15) is 23.6 Å². The molecule has 0 radical (unpaired) electrons. The predicted octanol–water partition coefficient (Wildman–Crippen LogP) is 2.11. The molecule has 0 amide bonds. The summed E-state index contributed by atoms with van der Waals surface area (Å²) in [6.07, 6.45) is 0.665. The number of hydrogen-bond donors (Lipinski definition) is 2. The highest BCUT2D eigenvalue weighted by Crippen LogP contribution is 2.28. The first-order valence-electron chi connectivity index (χ1n) is 6.35. The molecular formula is C12H18N2O5S2. The summed E-state index contributed by atoms with van der Waals surface area (Å²) in [4.78, 5) is 9.67. The van der Waals surface area contributed by atoms with Gasteiger partial charge in [0.2, 0.25) is 10.0 Å². The molecular weight excluding hydrogens is 316 g/mol. The number of nitro groups is 1. The molecule has 118 valence electrons. The molecule has 0 heterocycles. The van der Waals surface area contributed by atoms with E-state index in [0.717, 1.165) is 29.7 Å². The maximum Gasteiger partial charge on any atom is 0.312 e. The lowest BCUT2D eigenvalue weighted by molar-refractivity contribution is -0.386. The topological polar surface area (TPSA) is 110 Å². The number of hydrogen-bond acceptors (Lipinski definition) is 6. The zero-order valence-corrected chi connectivity index (χ0v) is 13.4. The van der Waals surface area contributed by atoms with Crippen LogP contribution < -0.4 is 4.72 Å². The smallest absolute Gasteiger partial charge is 0.312 e. The van der Waals surface area contributed by atoms with Crippen LogP contribution >= 0.6 is 11.8 Å². The molecule has 0 aliphatic rings. The largest absolute Gasteiger partial charge is 0.502 e. The van der Waals surface area contributed by atoms with Gasteiger partial charge in [0.15, 0.2) is 5.75 Å². The minimum atomic E-state index is -3.84. The Morgan fingerprint density at radius 1 is 1.48 bits per heavy atom. The Morgan fingerprint density at radius 2 is 2.14 bits per heavy atom. The van der Waals surface area contributed by atoms with Gasteiger partial charge in [0.05, 0.1) is 9.82 Å². The van der Waals surface area contributed by atoms with Crippen LogP contribution in [0.3, 0.4) is 0 Å². The molecule has 0 aromatic heterocycles. The third-order valence-electron chi connectivity index (χ3n) is 2.71. The Hall–Kier alpha value is -1.32. The summed E-state index contributed by atoms with van der Waals surface area (Å²) in [5, 5.41) is 20.1. The Kier molecular flexibility index (Phi) is 6.43. The standard InChI is InChI=1S/C12H18N2O5S2/c1-3-20-7-6-9(2)13-21(18,19)10-4-5-12(15)11(8-10)14(16)17/h4-5,8-9,13,15H,3,6-7H2,1-2H3. The fourth-order valence-corrected chi connectivity index (χ4v) is 3.72. The van der Waals surface area contributed by atoms with Crippen LogP contribution in [0.25, 0.3) is 0 Å². The lowest BCUT2D eigenvalue weighted by Gasteiger charge is -2.14. The fraction of sp³-hybridized carbons (Fsp3) is 0.500. The maximum absolute atomic E-state index is 12.1. The van der Waals surface area contributed by atoms with E-state index in [4.69, 9.17) is 0 Å². The van der Waals surface area contributed by atoms with Gasteiger partial charge in [0, 0.05) is 12.1 Å². The van der Waals surface area contributed by atoms with Crippen molar-refractivity contribution in [2.45, 2.75) is 31.2 Å². The van der Waals surface area contributed by atoms with Crippen LogP contribution in [0.1, 0.15) is 20.3 Å². The summed E-state index contributed by atoms with van der Waals surface area (Å²) in [5.41, 5.74) is -0.632. The summed E-state index contributed by atoms with van der Waals surface area (Å²) in [7, 11) is -3.84. The monoisotopic (exact) mass is 334 g/mol. The minimum absolute atomic E-state index is 0.234. The van der Waals surface area contributed by atoms with Crippen molar-refractivity contribution in [3.8, 4) is 5.75 Å². The van der Waals surface area contributed by atoms with Crippen LogP contribution in [0.4, 0.5) is 5.69 Å². The van der Waals surface area contributed by atoms with Gasteiger partial charge >= 0.3 is 5.69 Å². The molecule has 1 aromatic carbocycles. The van der Waals surface area contributed by atoms with E-state index in [1.165, 1.54) is 0 Å². The number of rotatable bonds is 8.